The Morgan fingerprint density at radius 3 is 3.00 bits per heavy atom. The first kappa shape index (κ1) is 12.2. The van der Waals surface area contributed by atoms with Crippen molar-refractivity contribution in [1.29, 1.82) is 0 Å². The summed E-state index contributed by atoms with van der Waals surface area (Å²) in [6, 6.07) is 5.72. The number of halogens is 2. The maximum Gasteiger partial charge on any atom is 0.0637 e. The molecule has 1 aromatic carbocycles. The van der Waals surface area contributed by atoms with E-state index in [1.54, 1.807) is 6.07 Å². The second kappa shape index (κ2) is 5.87. The monoisotopic (exact) mass is 259 g/mol. The lowest BCUT2D eigenvalue weighted by Gasteiger charge is -2.10. The van der Waals surface area contributed by atoms with Gasteiger partial charge in [-0.2, -0.15) is 0 Å². The summed E-state index contributed by atoms with van der Waals surface area (Å²) in [5.74, 6) is 0.637. The number of hydrogen-bond acceptors (Lipinski definition) is 2. The first-order chi connectivity index (χ1) is 7.77. The lowest BCUT2D eigenvalue weighted by molar-refractivity contribution is 0.185. The minimum absolute atomic E-state index is 0.616. The largest absolute Gasteiger partial charge is 0.381 e. The molecule has 1 saturated heterocycles. The van der Waals surface area contributed by atoms with Gasteiger partial charge in [0.1, 0.15) is 0 Å². The molecule has 2 rings (SSSR count). The molecule has 0 aromatic heterocycles. The highest BCUT2D eigenvalue weighted by atomic mass is 35.5. The minimum atomic E-state index is 0.616. The first-order valence-corrected chi connectivity index (χ1v) is 6.24. The fraction of sp³-hybridized carbons (Fsp3) is 0.500. The lowest BCUT2D eigenvalue weighted by Crippen LogP contribution is -2.22. The molecular formula is C12H15Cl2NO. The van der Waals surface area contributed by atoms with Crippen LogP contribution in [-0.4, -0.2) is 19.8 Å². The molecular weight excluding hydrogens is 245 g/mol. The van der Waals surface area contributed by atoms with Gasteiger partial charge in [0.05, 0.1) is 16.7 Å². The fourth-order valence-corrected chi connectivity index (χ4v) is 2.23. The van der Waals surface area contributed by atoms with Gasteiger partial charge >= 0.3 is 0 Å². The zero-order valence-corrected chi connectivity index (χ0v) is 10.5. The molecule has 1 heterocycles. The van der Waals surface area contributed by atoms with Crippen molar-refractivity contribution in [2.45, 2.75) is 13.0 Å². The van der Waals surface area contributed by atoms with Crippen molar-refractivity contribution in [3.63, 3.8) is 0 Å². The lowest BCUT2D eigenvalue weighted by atomic mass is 10.1. The number of benzene rings is 1. The third kappa shape index (κ3) is 3.11. The van der Waals surface area contributed by atoms with Gasteiger partial charge in [-0.3, -0.25) is 0 Å². The van der Waals surface area contributed by atoms with E-state index in [9.17, 15) is 0 Å². The van der Waals surface area contributed by atoms with E-state index in [-0.39, 0.29) is 0 Å². The summed E-state index contributed by atoms with van der Waals surface area (Å²) in [7, 11) is 0. The van der Waals surface area contributed by atoms with Gasteiger partial charge in [0.2, 0.25) is 0 Å². The van der Waals surface area contributed by atoms with Crippen molar-refractivity contribution in [2.75, 3.05) is 19.8 Å². The van der Waals surface area contributed by atoms with Crippen LogP contribution in [0.1, 0.15) is 12.0 Å². The number of nitrogens with one attached hydrogen (secondary N) is 1. The number of ether oxygens (including phenoxy) is 1. The van der Waals surface area contributed by atoms with Crippen molar-refractivity contribution < 1.29 is 4.74 Å². The van der Waals surface area contributed by atoms with Gasteiger partial charge in [-0.25, -0.2) is 0 Å². The normalized spacial score (nSPS) is 20.2. The Morgan fingerprint density at radius 1 is 1.38 bits per heavy atom. The highest BCUT2D eigenvalue weighted by molar-refractivity contribution is 6.42. The molecule has 0 aliphatic carbocycles. The summed E-state index contributed by atoms with van der Waals surface area (Å²) in [6.07, 6.45) is 1.15. The third-order valence-corrected chi connectivity index (χ3v) is 3.66. The van der Waals surface area contributed by atoms with Crippen LogP contribution in [0.4, 0.5) is 0 Å². The maximum absolute atomic E-state index is 6.09. The zero-order chi connectivity index (χ0) is 11.4. The molecule has 0 bridgehead atoms. The molecule has 1 aromatic rings. The molecule has 0 amide bonds. The van der Waals surface area contributed by atoms with Crippen LogP contribution in [0.2, 0.25) is 10.0 Å². The fourth-order valence-electron chi connectivity index (χ4n) is 1.84. The van der Waals surface area contributed by atoms with Crippen LogP contribution in [0.3, 0.4) is 0 Å². The molecule has 2 nitrogen and oxygen atoms in total. The van der Waals surface area contributed by atoms with Crippen molar-refractivity contribution >= 4 is 23.2 Å². The Kier molecular flexibility index (Phi) is 4.47. The van der Waals surface area contributed by atoms with Crippen molar-refractivity contribution in [2.24, 2.45) is 5.92 Å². The standard InChI is InChI=1S/C12H15Cl2NO/c13-11-3-1-2-10(12(11)14)7-15-6-9-4-5-16-8-9/h1-3,9,15H,4-8H2. The SMILES string of the molecule is Clc1cccc(CNCC2CCOC2)c1Cl. The molecule has 0 saturated carbocycles. The smallest absolute Gasteiger partial charge is 0.0637 e. The summed E-state index contributed by atoms with van der Waals surface area (Å²) in [5, 5.41) is 4.66. The molecule has 0 spiro atoms. The van der Waals surface area contributed by atoms with Gasteiger partial charge in [0.15, 0.2) is 0 Å². The number of rotatable bonds is 4. The molecule has 16 heavy (non-hydrogen) atoms. The van der Waals surface area contributed by atoms with Crippen LogP contribution in [0, 0.1) is 5.92 Å². The maximum atomic E-state index is 6.09. The van der Waals surface area contributed by atoms with Gasteiger partial charge < -0.3 is 10.1 Å². The summed E-state index contributed by atoms with van der Waals surface area (Å²) < 4.78 is 5.32. The summed E-state index contributed by atoms with van der Waals surface area (Å²) >= 11 is 12.0. The second-order valence-electron chi connectivity index (χ2n) is 4.07. The van der Waals surface area contributed by atoms with Gasteiger partial charge in [0, 0.05) is 19.7 Å². The Hall–Kier alpha value is -0.280. The third-order valence-electron chi connectivity index (χ3n) is 2.80. The van der Waals surface area contributed by atoms with Crippen molar-refractivity contribution in [3.05, 3.63) is 33.8 Å². The zero-order valence-electron chi connectivity index (χ0n) is 9.01. The predicted molar refractivity (Wildman–Crippen MR) is 67.1 cm³/mol. The van der Waals surface area contributed by atoms with Crippen LogP contribution >= 0.6 is 23.2 Å². The van der Waals surface area contributed by atoms with Crippen LogP contribution in [0.5, 0.6) is 0 Å². The Labute approximate surface area is 106 Å². The number of hydrogen-bond donors (Lipinski definition) is 1. The van der Waals surface area contributed by atoms with E-state index in [0.29, 0.717) is 16.0 Å². The van der Waals surface area contributed by atoms with E-state index in [1.165, 1.54) is 0 Å². The van der Waals surface area contributed by atoms with E-state index < -0.39 is 0 Å². The molecule has 88 valence electrons. The van der Waals surface area contributed by atoms with E-state index in [4.69, 9.17) is 27.9 Å². The summed E-state index contributed by atoms with van der Waals surface area (Å²) in [4.78, 5) is 0. The topological polar surface area (TPSA) is 21.3 Å². The molecule has 4 heteroatoms. The molecule has 0 radical (unpaired) electrons. The van der Waals surface area contributed by atoms with Crippen LogP contribution in [0.15, 0.2) is 18.2 Å². The quantitative estimate of drug-likeness (QED) is 0.898. The minimum Gasteiger partial charge on any atom is -0.381 e. The van der Waals surface area contributed by atoms with Crippen LogP contribution in [-0.2, 0) is 11.3 Å². The molecule has 1 unspecified atom stereocenters. The molecule has 1 atom stereocenters. The van der Waals surface area contributed by atoms with Gasteiger partial charge in [0.25, 0.3) is 0 Å². The van der Waals surface area contributed by atoms with Gasteiger partial charge in [-0.15, -0.1) is 0 Å². The summed E-state index contributed by atoms with van der Waals surface area (Å²) in [6.45, 7) is 3.50. The molecule has 1 fully saturated rings. The Morgan fingerprint density at radius 2 is 2.25 bits per heavy atom. The average molecular weight is 260 g/mol. The van der Waals surface area contributed by atoms with E-state index in [2.05, 4.69) is 5.32 Å². The molecule has 1 aliphatic heterocycles. The highest BCUT2D eigenvalue weighted by Gasteiger charge is 2.14. The Balaban J connectivity index is 1.82. The van der Waals surface area contributed by atoms with Crippen molar-refractivity contribution in [1.82, 2.24) is 5.32 Å². The highest BCUT2D eigenvalue weighted by Crippen LogP contribution is 2.25. The van der Waals surface area contributed by atoms with Gasteiger partial charge in [-0.05, 0) is 24.0 Å². The first-order valence-electron chi connectivity index (χ1n) is 5.48. The average Bonchev–Trinajstić information content (AvgIpc) is 2.77. The van der Waals surface area contributed by atoms with E-state index in [1.807, 2.05) is 12.1 Å². The van der Waals surface area contributed by atoms with Gasteiger partial charge in [-0.1, -0.05) is 35.3 Å². The van der Waals surface area contributed by atoms with E-state index >= 15 is 0 Å². The Bertz CT molecular complexity index is 351. The van der Waals surface area contributed by atoms with Crippen molar-refractivity contribution in [3.8, 4) is 0 Å². The molecule has 1 N–H and O–H groups in total. The predicted octanol–water partition coefficient (Wildman–Crippen LogP) is 3.12. The van der Waals surface area contributed by atoms with Crippen LogP contribution in [0.25, 0.3) is 0 Å². The van der Waals surface area contributed by atoms with Crippen LogP contribution < -0.4 is 5.32 Å². The second-order valence-corrected chi connectivity index (χ2v) is 4.86. The summed E-state index contributed by atoms with van der Waals surface area (Å²) in [5.41, 5.74) is 1.05. The molecule has 1 aliphatic rings. The van der Waals surface area contributed by atoms with E-state index in [0.717, 1.165) is 38.3 Å².